The van der Waals surface area contributed by atoms with Gasteiger partial charge in [0.1, 0.15) is 0 Å². The lowest BCUT2D eigenvalue weighted by Gasteiger charge is -2.04. The zero-order chi connectivity index (χ0) is 6.70. The molecule has 1 heteroatoms. The second-order valence-electron chi connectivity index (χ2n) is 4.20. The molecule has 2 rings (SSSR count). The summed E-state index contributed by atoms with van der Waals surface area (Å²) in [5, 5.41) is 0. The summed E-state index contributed by atoms with van der Waals surface area (Å²) in [5.41, 5.74) is 6.93. The summed E-state index contributed by atoms with van der Waals surface area (Å²) in [4.78, 5) is 0. The van der Waals surface area contributed by atoms with Gasteiger partial charge in [-0.15, -0.1) is 0 Å². The SMILES string of the molecule is C[C@H]1CC12CC2(C)CN. The van der Waals surface area contributed by atoms with Crippen LogP contribution < -0.4 is 5.73 Å². The smallest absolute Gasteiger partial charge is 0.00175 e. The Morgan fingerprint density at radius 2 is 2.22 bits per heavy atom. The summed E-state index contributed by atoms with van der Waals surface area (Å²) < 4.78 is 0. The fourth-order valence-electron chi connectivity index (χ4n) is 2.50. The first-order chi connectivity index (χ1) is 4.15. The maximum atomic E-state index is 5.65. The van der Waals surface area contributed by atoms with Gasteiger partial charge in [0.25, 0.3) is 0 Å². The number of hydrogen-bond acceptors (Lipinski definition) is 1. The van der Waals surface area contributed by atoms with Crippen LogP contribution in [0.15, 0.2) is 0 Å². The normalized spacial score (nSPS) is 62.3. The molecule has 1 spiro atoms. The van der Waals surface area contributed by atoms with Crippen LogP contribution in [-0.2, 0) is 0 Å². The van der Waals surface area contributed by atoms with E-state index >= 15 is 0 Å². The maximum Gasteiger partial charge on any atom is -0.00175 e. The van der Waals surface area contributed by atoms with Crippen LogP contribution in [0.4, 0.5) is 0 Å². The topological polar surface area (TPSA) is 26.0 Å². The third kappa shape index (κ3) is 0.454. The lowest BCUT2D eigenvalue weighted by molar-refractivity contribution is 0.487. The lowest BCUT2D eigenvalue weighted by atomic mass is 10.1. The Bertz CT molecular complexity index is 149. The van der Waals surface area contributed by atoms with Crippen molar-refractivity contribution in [2.45, 2.75) is 26.7 Å². The van der Waals surface area contributed by atoms with Crippen LogP contribution in [0.2, 0.25) is 0 Å². The molecule has 1 nitrogen and oxygen atoms in total. The maximum absolute atomic E-state index is 5.65. The van der Waals surface area contributed by atoms with Crippen LogP contribution in [0, 0.1) is 16.7 Å². The summed E-state index contributed by atoms with van der Waals surface area (Å²) in [7, 11) is 0. The van der Waals surface area contributed by atoms with E-state index in [2.05, 4.69) is 13.8 Å². The predicted octanol–water partition coefficient (Wildman–Crippen LogP) is 1.38. The highest BCUT2D eigenvalue weighted by Gasteiger charge is 2.74. The van der Waals surface area contributed by atoms with Crippen molar-refractivity contribution < 1.29 is 0 Å². The van der Waals surface area contributed by atoms with Crippen LogP contribution >= 0.6 is 0 Å². The van der Waals surface area contributed by atoms with Crippen molar-refractivity contribution in [3.05, 3.63) is 0 Å². The molecule has 2 aliphatic rings. The van der Waals surface area contributed by atoms with Crippen LogP contribution in [0.1, 0.15) is 26.7 Å². The van der Waals surface area contributed by atoms with Gasteiger partial charge >= 0.3 is 0 Å². The average Bonchev–Trinajstić information content (AvgIpc) is 2.58. The molecule has 2 fully saturated rings. The summed E-state index contributed by atoms with van der Waals surface area (Å²) in [6, 6.07) is 0. The van der Waals surface area contributed by atoms with Gasteiger partial charge in [0.15, 0.2) is 0 Å². The van der Waals surface area contributed by atoms with Gasteiger partial charge in [-0.1, -0.05) is 13.8 Å². The molecule has 0 aromatic heterocycles. The highest BCUT2D eigenvalue weighted by Crippen LogP contribution is 2.80. The Labute approximate surface area is 56.6 Å². The molecular formula is C8H15N. The fourth-order valence-corrected chi connectivity index (χ4v) is 2.50. The second kappa shape index (κ2) is 1.20. The Morgan fingerprint density at radius 3 is 2.33 bits per heavy atom. The van der Waals surface area contributed by atoms with E-state index in [9.17, 15) is 0 Å². The zero-order valence-corrected chi connectivity index (χ0v) is 6.28. The van der Waals surface area contributed by atoms with E-state index in [1.807, 2.05) is 0 Å². The molecule has 0 aliphatic heterocycles. The molecule has 9 heavy (non-hydrogen) atoms. The molecule has 0 amide bonds. The van der Waals surface area contributed by atoms with Gasteiger partial charge in [0.2, 0.25) is 0 Å². The molecule has 0 radical (unpaired) electrons. The Kier molecular flexibility index (Phi) is 0.760. The van der Waals surface area contributed by atoms with Crippen molar-refractivity contribution in [2.24, 2.45) is 22.5 Å². The van der Waals surface area contributed by atoms with Crippen LogP contribution in [-0.4, -0.2) is 6.54 Å². The van der Waals surface area contributed by atoms with Gasteiger partial charge in [-0.05, 0) is 36.1 Å². The summed E-state index contributed by atoms with van der Waals surface area (Å²) in [5.74, 6) is 0.978. The van der Waals surface area contributed by atoms with Crippen molar-refractivity contribution >= 4 is 0 Å². The van der Waals surface area contributed by atoms with Gasteiger partial charge < -0.3 is 5.73 Å². The molecule has 2 aliphatic carbocycles. The minimum atomic E-state index is 0.548. The van der Waals surface area contributed by atoms with Gasteiger partial charge in [0.05, 0.1) is 0 Å². The van der Waals surface area contributed by atoms with Crippen molar-refractivity contribution in [2.75, 3.05) is 6.54 Å². The van der Waals surface area contributed by atoms with E-state index < -0.39 is 0 Å². The Balaban J connectivity index is 2.10. The number of hydrogen-bond donors (Lipinski definition) is 1. The van der Waals surface area contributed by atoms with Crippen molar-refractivity contribution in [3.63, 3.8) is 0 Å². The largest absolute Gasteiger partial charge is 0.330 e. The van der Waals surface area contributed by atoms with Crippen molar-refractivity contribution in [3.8, 4) is 0 Å². The first-order valence-corrected chi connectivity index (χ1v) is 3.85. The molecule has 2 saturated carbocycles. The van der Waals surface area contributed by atoms with Gasteiger partial charge in [-0.3, -0.25) is 0 Å². The summed E-state index contributed by atoms with van der Waals surface area (Å²) >= 11 is 0. The van der Waals surface area contributed by atoms with Gasteiger partial charge in [0, 0.05) is 0 Å². The second-order valence-corrected chi connectivity index (χ2v) is 4.20. The average molecular weight is 125 g/mol. The third-order valence-corrected chi connectivity index (χ3v) is 3.69. The summed E-state index contributed by atoms with van der Waals surface area (Å²) in [6.07, 6.45) is 2.85. The standard InChI is InChI=1S/C8H15N/c1-6-3-8(6)4-7(8,2)5-9/h6H,3-5,9H2,1-2H3/t6-,7?,8?/m0/s1. The predicted molar refractivity (Wildman–Crippen MR) is 38.0 cm³/mol. The Morgan fingerprint density at radius 1 is 1.67 bits per heavy atom. The molecule has 0 saturated heterocycles. The molecule has 0 aromatic rings. The molecule has 2 N–H and O–H groups in total. The van der Waals surface area contributed by atoms with E-state index in [-0.39, 0.29) is 0 Å². The van der Waals surface area contributed by atoms with E-state index in [0.29, 0.717) is 5.41 Å². The first-order valence-electron chi connectivity index (χ1n) is 3.85. The fraction of sp³-hybridized carbons (Fsp3) is 1.00. The first kappa shape index (κ1) is 5.72. The van der Waals surface area contributed by atoms with E-state index in [1.54, 1.807) is 0 Å². The molecule has 0 heterocycles. The molecular weight excluding hydrogens is 110 g/mol. The highest BCUT2D eigenvalue weighted by atomic mass is 14.8. The van der Waals surface area contributed by atoms with Crippen molar-refractivity contribution in [1.82, 2.24) is 0 Å². The molecule has 0 aromatic carbocycles. The van der Waals surface area contributed by atoms with E-state index in [1.165, 1.54) is 12.8 Å². The molecule has 3 atom stereocenters. The minimum Gasteiger partial charge on any atom is -0.330 e. The lowest BCUT2D eigenvalue weighted by Crippen LogP contribution is -2.14. The van der Waals surface area contributed by atoms with Crippen LogP contribution in [0.3, 0.4) is 0 Å². The summed E-state index contributed by atoms with van der Waals surface area (Å²) in [6.45, 7) is 5.58. The van der Waals surface area contributed by atoms with Gasteiger partial charge in [-0.25, -0.2) is 0 Å². The van der Waals surface area contributed by atoms with Crippen molar-refractivity contribution in [1.29, 1.82) is 0 Å². The van der Waals surface area contributed by atoms with Crippen LogP contribution in [0.25, 0.3) is 0 Å². The van der Waals surface area contributed by atoms with E-state index in [4.69, 9.17) is 5.73 Å². The van der Waals surface area contributed by atoms with Crippen LogP contribution in [0.5, 0.6) is 0 Å². The number of nitrogens with two attached hydrogens (primary N) is 1. The highest BCUT2D eigenvalue weighted by molar-refractivity contribution is 5.24. The third-order valence-electron chi connectivity index (χ3n) is 3.69. The zero-order valence-electron chi connectivity index (χ0n) is 6.28. The minimum absolute atomic E-state index is 0.548. The quantitative estimate of drug-likeness (QED) is 0.563. The van der Waals surface area contributed by atoms with E-state index in [0.717, 1.165) is 17.9 Å². The number of rotatable bonds is 1. The molecule has 2 unspecified atom stereocenters. The van der Waals surface area contributed by atoms with Gasteiger partial charge in [-0.2, -0.15) is 0 Å². The monoisotopic (exact) mass is 125 g/mol. The molecule has 52 valence electrons. The molecule has 0 bridgehead atoms. The Hall–Kier alpha value is -0.0400.